The summed E-state index contributed by atoms with van der Waals surface area (Å²) in [6, 6.07) is 8.15. The van der Waals surface area contributed by atoms with Crippen LogP contribution in [0.1, 0.15) is 31.7 Å². The second-order valence-electron chi connectivity index (χ2n) is 6.76. The summed E-state index contributed by atoms with van der Waals surface area (Å²) in [5.74, 6) is 1.38. The van der Waals surface area contributed by atoms with E-state index in [9.17, 15) is 4.79 Å². The fourth-order valence-electron chi connectivity index (χ4n) is 3.10. The minimum absolute atomic E-state index is 0.104. The monoisotopic (exact) mass is 333 g/mol. The molecule has 1 saturated heterocycles. The minimum atomic E-state index is -0.431. The Morgan fingerprint density at radius 3 is 2.88 bits per heavy atom. The summed E-state index contributed by atoms with van der Waals surface area (Å²) in [6.45, 7) is 4.66. The van der Waals surface area contributed by atoms with Crippen molar-refractivity contribution in [1.29, 1.82) is 0 Å². The van der Waals surface area contributed by atoms with Gasteiger partial charge in [-0.2, -0.15) is 0 Å². The Morgan fingerprint density at radius 2 is 2.21 bits per heavy atom. The Balaban J connectivity index is 1.53. The first kappa shape index (κ1) is 17.2. The summed E-state index contributed by atoms with van der Waals surface area (Å²) in [6.07, 6.45) is 2.85. The molecule has 5 nitrogen and oxygen atoms in total. The van der Waals surface area contributed by atoms with Crippen LogP contribution in [0.5, 0.6) is 5.75 Å². The summed E-state index contributed by atoms with van der Waals surface area (Å²) < 4.78 is 16.5. The van der Waals surface area contributed by atoms with Crippen molar-refractivity contribution in [2.75, 3.05) is 26.9 Å². The zero-order valence-electron chi connectivity index (χ0n) is 14.6. The minimum Gasteiger partial charge on any atom is -0.497 e. The van der Waals surface area contributed by atoms with Crippen LogP contribution < -0.4 is 4.74 Å². The average molecular weight is 333 g/mol. The molecule has 0 unspecified atom stereocenters. The van der Waals surface area contributed by atoms with Crippen LogP contribution in [0, 0.1) is 5.92 Å². The average Bonchev–Trinajstić information content (AvgIpc) is 3.33. The maximum absolute atomic E-state index is 12.8. The molecule has 1 aromatic rings. The fourth-order valence-corrected chi connectivity index (χ4v) is 3.10. The van der Waals surface area contributed by atoms with E-state index in [0.29, 0.717) is 18.6 Å². The summed E-state index contributed by atoms with van der Waals surface area (Å²) >= 11 is 0. The number of hydrogen-bond acceptors (Lipinski definition) is 4. The van der Waals surface area contributed by atoms with Gasteiger partial charge in [-0.25, -0.2) is 0 Å². The molecule has 24 heavy (non-hydrogen) atoms. The highest BCUT2D eigenvalue weighted by atomic mass is 16.5. The smallest absolute Gasteiger partial charge is 0.251 e. The lowest BCUT2D eigenvalue weighted by molar-refractivity contribution is -0.144. The van der Waals surface area contributed by atoms with Gasteiger partial charge in [0.05, 0.1) is 20.3 Å². The predicted molar refractivity (Wildman–Crippen MR) is 90.9 cm³/mol. The third kappa shape index (κ3) is 4.48. The zero-order chi connectivity index (χ0) is 16.9. The molecule has 1 aromatic carbocycles. The maximum Gasteiger partial charge on any atom is 0.251 e. The van der Waals surface area contributed by atoms with E-state index in [0.717, 1.165) is 50.3 Å². The Labute approximate surface area is 143 Å². The SMILES string of the molecule is COc1cccc(CO[C@H](C)C(=O)N(C[C@@H]2CCOC2)C2CC2)c1. The number of amides is 1. The summed E-state index contributed by atoms with van der Waals surface area (Å²) in [5.41, 5.74) is 1.01. The number of rotatable bonds is 8. The third-order valence-electron chi connectivity index (χ3n) is 4.73. The Morgan fingerprint density at radius 1 is 1.38 bits per heavy atom. The molecule has 5 heteroatoms. The van der Waals surface area contributed by atoms with Crippen LogP contribution in [0.25, 0.3) is 0 Å². The largest absolute Gasteiger partial charge is 0.497 e. The van der Waals surface area contributed by atoms with Gasteiger partial charge in [0.2, 0.25) is 0 Å². The number of methoxy groups -OCH3 is 1. The van der Waals surface area contributed by atoms with E-state index < -0.39 is 6.10 Å². The molecule has 0 bridgehead atoms. The number of carbonyl (C=O) groups excluding carboxylic acids is 1. The Kier molecular flexibility index (Phi) is 5.74. The van der Waals surface area contributed by atoms with Gasteiger partial charge in [0, 0.05) is 25.1 Å². The van der Waals surface area contributed by atoms with Gasteiger partial charge in [0.1, 0.15) is 11.9 Å². The molecule has 132 valence electrons. The first-order valence-corrected chi connectivity index (χ1v) is 8.80. The van der Waals surface area contributed by atoms with Crippen molar-refractivity contribution in [1.82, 2.24) is 4.90 Å². The number of nitrogens with zero attached hydrogens (tertiary/aromatic N) is 1. The predicted octanol–water partition coefficient (Wildman–Crippen LogP) is 2.63. The molecular weight excluding hydrogens is 306 g/mol. The molecular formula is C19H27NO4. The maximum atomic E-state index is 12.8. The highest BCUT2D eigenvalue weighted by Gasteiger charge is 2.36. The first-order valence-electron chi connectivity index (χ1n) is 8.80. The van der Waals surface area contributed by atoms with Gasteiger partial charge in [-0.15, -0.1) is 0 Å². The van der Waals surface area contributed by atoms with Crippen molar-refractivity contribution in [2.24, 2.45) is 5.92 Å². The second-order valence-corrected chi connectivity index (χ2v) is 6.76. The molecule has 1 saturated carbocycles. The van der Waals surface area contributed by atoms with Crippen molar-refractivity contribution in [2.45, 2.75) is 44.9 Å². The normalized spacial score (nSPS) is 21.5. The number of benzene rings is 1. The van der Waals surface area contributed by atoms with Crippen LogP contribution in [0.3, 0.4) is 0 Å². The molecule has 0 aromatic heterocycles. The molecule has 1 aliphatic carbocycles. The van der Waals surface area contributed by atoms with Gasteiger partial charge >= 0.3 is 0 Å². The summed E-state index contributed by atoms with van der Waals surface area (Å²) in [5, 5.41) is 0. The Bertz CT molecular complexity index is 552. The third-order valence-corrected chi connectivity index (χ3v) is 4.73. The van der Waals surface area contributed by atoms with Crippen LogP contribution in [-0.4, -0.2) is 49.8 Å². The molecule has 3 rings (SSSR count). The van der Waals surface area contributed by atoms with Crippen LogP contribution in [0.2, 0.25) is 0 Å². The molecule has 1 amide bonds. The first-order chi connectivity index (χ1) is 11.7. The van der Waals surface area contributed by atoms with E-state index >= 15 is 0 Å². The Hall–Kier alpha value is -1.59. The lowest BCUT2D eigenvalue weighted by Crippen LogP contribution is -2.43. The van der Waals surface area contributed by atoms with E-state index in [4.69, 9.17) is 14.2 Å². The van der Waals surface area contributed by atoms with Crippen molar-refractivity contribution in [3.8, 4) is 5.75 Å². The molecule has 1 heterocycles. The summed E-state index contributed by atoms with van der Waals surface area (Å²) in [4.78, 5) is 14.8. The van der Waals surface area contributed by atoms with Gasteiger partial charge in [0.25, 0.3) is 5.91 Å². The van der Waals surface area contributed by atoms with Crippen molar-refractivity contribution < 1.29 is 19.0 Å². The quantitative estimate of drug-likeness (QED) is 0.734. The molecule has 0 spiro atoms. The van der Waals surface area contributed by atoms with Crippen LogP contribution in [0.4, 0.5) is 0 Å². The van der Waals surface area contributed by atoms with E-state index in [1.54, 1.807) is 7.11 Å². The highest BCUT2D eigenvalue weighted by Crippen LogP contribution is 2.30. The zero-order valence-corrected chi connectivity index (χ0v) is 14.6. The van der Waals surface area contributed by atoms with Gasteiger partial charge in [-0.1, -0.05) is 12.1 Å². The van der Waals surface area contributed by atoms with Crippen LogP contribution in [-0.2, 0) is 20.9 Å². The van der Waals surface area contributed by atoms with Crippen molar-refractivity contribution in [3.63, 3.8) is 0 Å². The lowest BCUT2D eigenvalue weighted by atomic mass is 10.1. The standard InChI is InChI=1S/C19H27NO4/c1-14(24-13-15-4-3-5-18(10-15)22-2)19(21)20(17-6-7-17)11-16-8-9-23-12-16/h3-5,10,14,16-17H,6-9,11-13H2,1-2H3/t14-,16+/m1/s1. The van der Waals surface area contributed by atoms with Crippen molar-refractivity contribution >= 4 is 5.91 Å². The molecule has 0 radical (unpaired) electrons. The number of carbonyl (C=O) groups is 1. The van der Waals surface area contributed by atoms with Gasteiger partial charge in [-0.3, -0.25) is 4.79 Å². The fraction of sp³-hybridized carbons (Fsp3) is 0.632. The van der Waals surface area contributed by atoms with Crippen molar-refractivity contribution in [3.05, 3.63) is 29.8 Å². The van der Waals surface area contributed by atoms with Gasteiger partial charge < -0.3 is 19.1 Å². The van der Waals surface area contributed by atoms with Crippen LogP contribution >= 0.6 is 0 Å². The molecule has 2 fully saturated rings. The summed E-state index contributed by atoms with van der Waals surface area (Å²) in [7, 11) is 1.65. The number of ether oxygens (including phenoxy) is 3. The molecule has 1 aliphatic heterocycles. The van der Waals surface area contributed by atoms with Crippen LogP contribution in [0.15, 0.2) is 24.3 Å². The van der Waals surface area contributed by atoms with E-state index in [1.807, 2.05) is 36.1 Å². The second kappa shape index (κ2) is 7.99. The highest BCUT2D eigenvalue weighted by molar-refractivity contribution is 5.81. The lowest BCUT2D eigenvalue weighted by Gasteiger charge is -2.28. The molecule has 2 atom stereocenters. The molecule has 2 aliphatic rings. The van der Waals surface area contributed by atoms with E-state index in [-0.39, 0.29) is 5.91 Å². The van der Waals surface area contributed by atoms with Gasteiger partial charge in [0.15, 0.2) is 0 Å². The van der Waals surface area contributed by atoms with E-state index in [2.05, 4.69) is 0 Å². The van der Waals surface area contributed by atoms with Gasteiger partial charge in [-0.05, 0) is 43.9 Å². The molecule has 0 N–H and O–H groups in total. The van der Waals surface area contributed by atoms with E-state index in [1.165, 1.54) is 0 Å². The topological polar surface area (TPSA) is 48.0 Å². The number of hydrogen-bond donors (Lipinski definition) is 0.